The Labute approximate surface area is 103 Å². The van der Waals surface area contributed by atoms with E-state index in [1.807, 2.05) is 18.2 Å². The fourth-order valence-electron chi connectivity index (χ4n) is 2.51. The van der Waals surface area contributed by atoms with Crippen LogP contribution in [0.1, 0.15) is 37.3 Å². The smallest absolute Gasteiger partial charge is 0.101 e. The number of hydrogen-bond donors (Lipinski definition) is 1. The van der Waals surface area contributed by atoms with Crippen molar-refractivity contribution in [3.8, 4) is 6.07 Å². The molecule has 0 amide bonds. The summed E-state index contributed by atoms with van der Waals surface area (Å²) in [6.07, 6.45) is 3.72. The van der Waals surface area contributed by atoms with Crippen LogP contribution < -0.4 is 10.6 Å². The largest absolute Gasteiger partial charge is 0.368 e. The van der Waals surface area contributed by atoms with Gasteiger partial charge in [0.15, 0.2) is 0 Å². The summed E-state index contributed by atoms with van der Waals surface area (Å²) in [5, 5.41) is 9.24. The number of nitrogens with two attached hydrogens (primary N) is 1. The Balaban J connectivity index is 2.34. The van der Waals surface area contributed by atoms with Crippen LogP contribution in [0, 0.1) is 11.3 Å². The Morgan fingerprint density at radius 1 is 1.47 bits per heavy atom. The Morgan fingerprint density at radius 2 is 2.29 bits per heavy atom. The van der Waals surface area contributed by atoms with Crippen molar-refractivity contribution >= 4 is 5.69 Å². The van der Waals surface area contributed by atoms with E-state index in [1.165, 1.54) is 19.3 Å². The van der Waals surface area contributed by atoms with Crippen molar-refractivity contribution in [3.05, 3.63) is 29.3 Å². The third kappa shape index (κ3) is 2.42. The maximum atomic E-state index is 9.24. The van der Waals surface area contributed by atoms with E-state index >= 15 is 0 Å². The minimum Gasteiger partial charge on any atom is -0.368 e. The van der Waals surface area contributed by atoms with E-state index in [-0.39, 0.29) is 0 Å². The Kier molecular flexibility index (Phi) is 3.65. The van der Waals surface area contributed by atoms with Gasteiger partial charge in [0.1, 0.15) is 6.07 Å². The van der Waals surface area contributed by atoms with Gasteiger partial charge in [-0.1, -0.05) is 6.07 Å². The Hall–Kier alpha value is -1.53. The topological polar surface area (TPSA) is 53.0 Å². The molecular weight excluding hydrogens is 210 g/mol. The molecule has 1 saturated heterocycles. The zero-order valence-corrected chi connectivity index (χ0v) is 10.3. The SMILES string of the molecule is CC1CCCCN1c1ccc(CN)cc1C#N. The van der Waals surface area contributed by atoms with E-state index in [0.717, 1.165) is 23.4 Å². The molecule has 1 aromatic carbocycles. The average Bonchev–Trinajstić information content (AvgIpc) is 2.38. The second kappa shape index (κ2) is 5.20. The van der Waals surface area contributed by atoms with Gasteiger partial charge in [0, 0.05) is 19.1 Å². The zero-order chi connectivity index (χ0) is 12.3. The Morgan fingerprint density at radius 3 is 2.94 bits per heavy atom. The molecule has 1 aromatic rings. The maximum absolute atomic E-state index is 9.24. The molecule has 3 nitrogen and oxygen atoms in total. The molecule has 1 heterocycles. The van der Waals surface area contributed by atoms with Crippen LogP contribution in [0.2, 0.25) is 0 Å². The Bertz CT molecular complexity index is 434. The number of hydrogen-bond acceptors (Lipinski definition) is 3. The lowest BCUT2D eigenvalue weighted by molar-refractivity contribution is 0.484. The number of benzene rings is 1. The predicted octanol–water partition coefficient (Wildman–Crippen LogP) is 2.40. The number of piperidine rings is 1. The minimum absolute atomic E-state index is 0.491. The molecule has 17 heavy (non-hydrogen) atoms. The number of nitrogens with zero attached hydrogens (tertiary/aromatic N) is 2. The minimum atomic E-state index is 0.491. The summed E-state index contributed by atoms with van der Waals surface area (Å²) in [5.41, 5.74) is 8.45. The lowest BCUT2D eigenvalue weighted by atomic mass is 10.0. The first-order valence-electron chi connectivity index (χ1n) is 6.26. The zero-order valence-electron chi connectivity index (χ0n) is 10.3. The van der Waals surface area contributed by atoms with Crippen molar-refractivity contribution in [2.24, 2.45) is 5.73 Å². The van der Waals surface area contributed by atoms with Crippen molar-refractivity contribution < 1.29 is 0 Å². The van der Waals surface area contributed by atoms with Crippen molar-refractivity contribution in [1.29, 1.82) is 5.26 Å². The first kappa shape index (κ1) is 11.9. The van der Waals surface area contributed by atoms with Gasteiger partial charge < -0.3 is 10.6 Å². The van der Waals surface area contributed by atoms with Gasteiger partial charge in [0.05, 0.1) is 11.3 Å². The average molecular weight is 229 g/mol. The van der Waals surface area contributed by atoms with Crippen LogP contribution in [0.3, 0.4) is 0 Å². The number of anilines is 1. The molecular formula is C14H19N3. The number of nitriles is 1. The second-order valence-electron chi connectivity index (χ2n) is 4.71. The molecule has 0 aliphatic carbocycles. The third-order valence-electron chi connectivity index (χ3n) is 3.53. The van der Waals surface area contributed by atoms with Crippen molar-refractivity contribution in [1.82, 2.24) is 0 Å². The number of rotatable bonds is 2. The van der Waals surface area contributed by atoms with E-state index in [9.17, 15) is 5.26 Å². The second-order valence-corrected chi connectivity index (χ2v) is 4.71. The van der Waals surface area contributed by atoms with Crippen molar-refractivity contribution in [3.63, 3.8) is 0 Å². The molecule has 3 heteroatoms. The van der Waals surface area contributed by atoms with Gasteiger partial charge in [-0.05, 0) is 43.9 Å². The quantitative estimate of drug-likeness (QED) is 0.847. The van der Waals surface area contributed by atoms with Crippen LogP contribution in [0.15, 0.2) is 18.2 Å². The normalized spacial score (nSPS) is 20.1. The first-order chi connectivity index (χ1) is 8.26. The van der Waals surface area contributed by atoms with Gasteiger partial charge >= 0.3 is 0 Å². The fraction of sp³-hybridized carbons (Fsp3) is 0.500. The van der Waals surface area contributed by atoms with Gasteiger partial charge in [0.25, 0.3) is 0 Å². The molecule has 1 unspecified atom stereocenters. The monoisotopic (exact) mass is 229 g/mol. The van der Waals surface area contributed by atoms with Crippen molar-refractivity contribution in [2.45, 2.75) is 38.8 Å². The summed E-state index contributed by atoms with van der Waals surface area (Å²) in [5.74, 6) is 0. The third-order valence-corrected chi connectivity index (χ3v) is 3.53. The molecule has 1 fully saturated rings. The summed E-state index contributed by atoms with van der Waals surface area (Å²) < 4.78 is 0. The van der Waals surface area contributed by atoms with Gasteiger partial charge in [-0.25, -0.2) is 0 Å². The molecule has 1 aliphatic heterocycles. The molecule has 0 radical (unpaired) electrons. The molecule has 0 saturated carbocycles. The first-order valence-corrected chi connectivity index (χ1v) is 6.26. The van der Waals surface area contributed by atoms with Crippen LogP contribution in [-0.2, 0) is 6.54 Å². The molecule has 2 N–H and O–H groups in total. The van der Waals surface area contributed by atoms with Gasteiger partial charge in [-0.2, -0.15) is 5.26 Å². The van der Waals surface area contributed by atoms with Crippen LogP contribution in [0.5, 0.6) is 0 Å². The van der Waals surface area contributed by atoms with Crippen LogP contribution >= 0.6 is 0 Å². The highest BCUT2D eigenvalue weighted by Gasteiger charge is 2.20. The highest BCUT2D eigenvalue weighted by Crippen LogP contribution is 2.28. The highest BCUT2D eigenvalue weighted by molar-refractivity contribution is 5.61. The summed E-state index contributed by atoms with van der Waals surface area (Å²) >= 11 is 0. The molecule has 0 aromatic heterocycles. The summed E-state index contributed by atoms with van der Waals surface area (Å²) in [7, 11) is 0. The van der Waals surface area contributed by atoms with Gasteiger partial charge in [0.2, 0.25) is 0 Å². The van der Waals surface area contributed by atoms with E-state index in [1.54, 1.807) is 0 Å². The molecule has 0 spiro atoms. The predicted molar refractivity (Wildman–Crippen MR) is 69.7 cm³/mol. The summed E-state index contributed by atoms with van der Waals surface area (Å²) in [6.45, 7) is 3.78. The fourth-order valence-corrected chi connectivity index (χ4v) is 2.51. The molecule has 1 atom stereocenters. The van der Waals surface area contributed by atoms with E-state index < -0.39 is 0 Å². The summed E-state index contributed by atoms with van der Waals surface area (Å²) in [6, 6.07) is 8.80. The molecule has 1 aliphatic rings. The van der Waals surface area contributed by atoms with Crippen LogP contribution in [0.25, 0.3) is 0 Å². The molecule has 0 bridgehead atoms. The van der Waals surface area contributed by atoms with Gasteiger partial charge in [-0.3, -0.25) is 0 Å². The lowest BCUT2D eigenvalue weighted by Crippen LogP contribution is -2.37. The van der Waals surface area contributed by atoms with E-state index in [2.05, 4.69) is 17.9 Å². The van der Waals surface area contributed by atoms with E-state index in [0.29, 0.717) is 12.6 Å². The van der Waals surface area contributed by atoms with Gasteiger partial charge in [-0.15, -0.1) is 0 Å². The molecule has 2 rings (SSSR count). The maximum Gasteiger partial charge on any atom is 0.101 e. The highest BCUT2D eigenvalue weighted by atomic mass is 15.2. The van der Waals surface area contributed by atoms with Crippen molar-refractivity contribution in [2.75, 3.05) is 11.4 Å². The van der Waals surface area contributed by atoms with Crippen LogP contribution in [0.4, 0.5) is 5.69 Å². The summed E-state index contributed by atoms with van der Waals surface area (Å²) in [4.78, 5) is 2.35. The van der Waals surface area contributed by atoms with E-state index in [4.69, 9.17) is 5.73 Å². The lowest BCUT2D eigenvalue weighted by Gasteiger charge is -2.36. The van der Waals surface area contributed by atoms with Crippen LogP contribution in [-0.4, -0.2) is 12.6 Å². The molecule has 90 valence electrons. The standard InChI is InChI=1S/C14H19N3/c1-11-4-2-3-7-17(11)14-6-5-12(9-15)8-13(14)10-16/h5-6,8,11H,2-4,7,9,15H2,1H3.